The lowest BCUT2D eigenvalue weighted by Crippen LogP contribution is -2.00. The summed E-state index contributed by atoms with van der Waals surface area (Å²) in [5.41, 5.74) is 3.62. The molecule has 3 heteroatoms. The van der Waals surface area contributed by atoms with Crippen molar-refractivity contribution >= 4 is 21.6 Å². The molecule has 0 radical (unpaired) electrons. The highest BCUT2D eigenvalue weighted by atomic mass is 79.9. The smallest absolute Gasteiger partial charge is 0.0434 e. The number of hydrogen-bond acceptors (Lipinski definition) is 2. The highest BCUT2D eigenvalue weighted by Crippen LogP contribution is 2.15. The molecule has 2 rings (SSSR count). The second-order valence-corrected chi connectivity index (χ2v) is 5.43. The van der Waals surface area contributed by atoms with Crippen molar-refractivity contribution in [1.29, 1.82) is 0 Å². The van der Waals surface area contributed by atoms with Crippen molar-refractivity contribution in [1.82, 2.24) is 0 Å². The SMILES string of the molecule is OCCCc1cccc(NCc2cccc(Br)c2)c1. The maximum absolute atomic E-state index is 8.85. The van der Waals surface area contributed by atoms with E-state index in [4.69, 9.17) is 5.11 Å². The maximum Gasteiger partial charge on any atom is 0.0434 e. The Hall–Kier alpha value is -1.32. The summed E-state index contributed by atoms with van der Waals surface area (Å²) >= 11 is 3.48. The highest BCUT2D eigenvalue weighted by Gasteiger charge is 1.97. The van der Waals surface area contributed by atoms with Crippen LogP contribution < -0.4 is 5.32 Å². The number of hydrogen-bond donors (Lipinski definition) is 2. The Kier molecular flexibility index (Phi) is 5.43. The molecule has 2 nitrogen and oxygen atoms in total. The third-order valence-electron chi connectivity index (χ3n) is 2.94. The summed E-state index contributed by atoms with van der Waals surface area (Å²) in [7, 11) is 0. The van der Waals surface area contributed by atoms with E-state index in [0.29, 0.717) is 0 Å². The molecule has 0 aliphatic rings. The number of aliphatic hydroxyl groups is 1. The average Bonchev–Trinajstić information content (AvgIpc) is 2.43. The van der Waals surface area contributed by atoms with E-state index in [1.54, 1.807) is 0 Å². The van der Waals surface area contributed by atoms with Gasteiger partial charge in [-0.1, -0.05) is 40.2 Å². The maximum atomic E-state index is 8.85. The molecule has 100 valence electrons. The second-order valence-electron chi connectivity index (χ2n) is 4.51. The minimum Gasteiger partial charge on any atom is -0.396 e. The fourth-order valence-electron chi connectivity index (χ4n) is 1.97. The molecular weight excluding hydrogens is 302 g/mol. The summed E-state index contributed by atoms with van der Waals surface area (Å²) < 4.78 is 1.10. The minimum atomic E-state index is 0.246. The number of halogens is 1. The van der Waals surface area contributed by atoms with Gasteiger partial charge in [-0.25, -0.2) is 0 Å². The van der Waals surface area contributed by atoms with Crippen molar-refractivity contribution in [3.63, 3.8) is 0 Å². The van der Waals surface area contributed by atoms with Crippen LogP contribution in [0.4, 0.5) is 5.69 Å². The Morgan fingerprint density at radius 3 is 2.58 bits per heavy atom. The van der Waals surface area contributed by atoms with E-state index in [1.807, 2.05) is 12.1 Å². The molecule has 0 aliphatic heterocycles. The zero-order valence-corrected chi connectivity index (χ0v) is 12.4. The predicted octanol–water partition coefficient (Wildman–Crippen LogP) is 3.99. The van der Waals surface area contributed by atoms with Gasteiger partial charge in [-0.05, 0) is 48.2 Å². The molecule has 0 fully saturated rings. The van der Waals surface area contributed by atoms with E-state index in [1.165, 1.54) is 11.1 Å². The van der Waals surface area contributed by atoms with Crippen molar-refractivity contribution < 1.29 is 5.11 Å². The molecular formula is C16H18BrNO. The van der Waals surface area contributed by atoms with Gasteiger partial charge in [-0.3, -0.25) is 0 Å². The normalized spacial score (nSPS) is 10.4. The first kappa shape index (κ1) is 14.1. The number of benzene rings is 2. The summed E-state index contributed by atoms with van der Waals surface area (Å²) in [4.78, 5) is 0. The van der Waals surface area contributed by atoms with Crippen molar-refractivity contribution in [3.05, 3.63) is 64.1 Å². The van der Waals surface area contributed by atoms with Crippen LogP contribution in [0, 0.1) is 0 Å². The molecule has 0 unspecified atom stereocenters. The van der Waals surface area contributed by atoms with Crippen LogP contribution in [-0.4, -0.2) is 11.7 Å². The van der Waals surface area contributed by atoms with Crippen molar-refractivity contribution in [2.75, 3.05) is 11.9 Å². The lowest BCUT2D eigenvalue weighted by atomic mass is 10.1. The first-order valence-electron chi connectivity index (χ1n) is 6.46. The van der Waals surface area contributed by atoms with Gasteiger partial charge in [0.25, 0.3) is 0 Å². The lowest BCUT2D eigenvalue weighted by molar-refractivity contribution is 0.288. The summed E-state index contributed by atoms with van der Waals surface area (Å²) in [5.74, 6) is 0. The quantitative estimate of drug-likeness (QED) is 0.843. The Bertz CT molecular complexity index is 528. The van der Waals surface area contributed by atoms with Crippen LogP contribution in [0.2, 0.25) is 0 Å². The monoisotopic (exact) mass is 319 g/mol. The first-order chi connectivity index (χ1) is 9.28. The Balaban J connectivity index is 1.95. The molecule has 0 bridgehead atoms. The van der Waals surface area contributed by atoms with Gasteiger partial charge < -0.3 is 10.4 Å². The largest absolute Gasteiger partial charge is 0.396 e. The predicted molar refractivity (Wildman–Crippen MR) is 83.3 cm³/mol. The molecule has 0 atom stereocenters. The van der Waals surface area contributed by atoms with Crippen LogP contribution >= 0.6 is 15.9 Å². The summed E-state index contributed by atoms with van der Waals surface area (Å²) in [6, 6.07) is 16.7. The van der Waals surface area contributed by atoms with Crippen LogP contribution in [0.1, 0.15) is 17.5 Å². The van der Waals surface area contributed by atoms with Crippen LogP contribution in [-0.2, 0) is 13.0 Å². The third kappa shape index (κ3) is 4.69. The Morgan fingerprint density at radius 1 is 1.00 bits per heavy atom. The molecule has 19 heavy (non-hydrogen) atoms. The van der Waals surface area contributed by atoms with Crippen LogP contribution in [0.5, 0.6) is 0 Å². The van der Waals surface area contributed by atoms with Crippen molar-refractivity contribution in [2.45, 2.75) is 19.4 Å². The molecule has 0 heterocycles. The number of anilines is 1. The van der Waals surface area contributed by atoms with Gasteiger partial charge in [-0.15, -0.1) is 0 Å². The zero-order valence-electron chi connectivity index (χ0n) is 10.8. The molecule has 2 N–H and O–H groups in total. The molecule has 2 aromatic carbocycles. The van der Waals surface area contributed by atoms with Gasteiger partial charge in [0.15, 0.2) is 0 Å². The molecule has 0 saturated heterocycles. The van der Waals surface area contributed by atoms with E-state index < -0.39 is 0 Å². The second kappa shape index (κ2) is 7.31. The minimum absolute atomic E-state index is 0.246. The van der Waals surface area contributed by atoms with E-state index >= 15 is 0 Å². The van der Waals surface area contributed by atoms with E-state index in [0.717, 1.165) is 29.5 Å². The van der Waals surface area contributed by atoms with Gasteiger partial charge in [-0.2, -0.15) is 0 Å². The number of nitrogens with one attached hydrogen (secondary N) is 1. The van der Waals surface area contributed by atoms with Crippen LogP contribution in [0.3, 0.4) is 0 Å². The standard InChI is InChI=1S/C16H18BrNO/c17-15-7-1-5-14(10-15)12-18-16-8-2-4-13(11-16)6-3-9-19/h1-2,4-5,7-8,10-11,18-19H,3,6,9,12H2. The van der Waals surface area contributed by atoms with Gasteiger partial charge in [0.05, 0.1) is 0 Å². The Morgan fingerprint density at radius 2 is 1.79 bits per heavy atom. The molecule has 0 aromatic heterocycles. The number of aryl methyl sites for hydroxylation is 1. The van der Waals surface area contributed by atoms with Crippen molar-refractivity contribution in [3.8, 4) is 0 Å². The van der Waals surface area contributed by atoms with Gasteiger partial charge >= 0.3 is 0 Å². The van der Waals surface area contributed by atoms with Crippen LogP contribution in [0.25, 0.3) is 0 Å². The lowest BCUT2D eigenvalue weighted by Gasteiger charge is -2.08. The highest BCUT2D eigenvalue weighted by molar-refractivity contribution is 9.10. The zero-order chi connectivity index (χ0) is 13.5. The van der Waals surface area contributed by atoms with Crippen molar-refractivity contribution in [2.24, 2.45) is 0 Å². The Labute approximate surface area is 122 Å². The topological polar surface area (TPSA) is 32.3 Å². The van der Waals surface area contributed by atoms with Gasteiger partial charge in [0.2, 0.25) is 0 Å². The fourth-order valence-corrected chi connectivity index (χ4v) is 2.42. The number of rotatable bonds is 6. The van der Waals surface area contributed by atoms with Gasteiger partial charge in [0.1, 0.15) is 0 Å². The van der Waals surface area contributed by atoms with Crippen LogP contribution in [0.15, 0.2) is 53.0 Å². The molecule has 0 saturated carbocycles. The third-order valence-corrected chi connectivity index (χ3v) is 3.43. The van der Waals surface area contributed by atoms with Gasteiger partial charge in [0, 0.05) is 23.3 Å². The summed E-state index contributed by atoms with van der Waals surface area (Å²) in [5, 5.41) is 12.3. The summed E-state index contributed by atoms with van der Waals surface area (Å²) in [6.45, 7) is 1.05. The summed E-state index contributed by atoms with van der Waals surface area (Å²) in [6.07, 6.45) is 1.73. The molecule has 0 aliphatic carbocycles. The number of aliphatic hydroxyl groups excluding tert-OH is 1. The van der Waals surface area contributed by atoms with E-state index in [-0.39, 0.29) is 6.61 Å². The van der Waals surface area contributed by atoms with E-state index in [2.05, 4.69) is 57.6 Å². The van der Waals surface area contributed by atoms with E-state index in [9.17, 15) is 0 Å². The first-order valence-corrected chi connectivity index (χ1v) is 7.25. The molecule has 0 amide bonds. The fraction of sp³-hybridized carbons (Fsp3) is 0.250. The molecule has 2 aromatic rings. The average molecular weight is 320 g/mol. The molecule has 0 spiro atoms.